The highest BCUT2D eigenvalue weighted by Gasteiger charge is 2.48. The first-order valence-corrected chi connectivity index (χ1v) is 4.89. The van der Waals surface area contributed by atoms with Crippen LogP contribution in [0.5, 0.6) is 0 Å². The zero-order valence-corrected chi connectivity index (χ0v) is 9.00. The van der Waals surface area contributed by atoms with Crippen LogP contribution in [0.2, 0.25) is 0 Å². The van der Waals surface area contributed by atoms with Gasteiger partial charge in [-0.2, -0.15) is 13.2 Å². The fourth-order valence-electron chi connectivity index (χ4n) is 1.38. The second-order valence-corrected chi connectivity index (χ2v) is 3.94. The van der Waals surface area contributed by atoms with Gasteiger partial charge in [0.05, 0.1) is 6.61 Å². The number of hydrogen-bond donors (Lipinski definition) is 2. The van der Waals surface area contributed by atoms with Crippen molar-refractivity contribution < 1.29 is 32.6 Å². The largest absolute Gasteiger partial charge is 0.479 e. The first-order chi connectivity index (χ1) is 7.69. The summed E-state index contributed by atoms with van der Waals surface area (Å²) < 4.78 is 41.6. The Morgan fingerprint density at radius 2 is 2.06 bits per heavy atom. The average molecular weight is 255 g/mol. The van der Waals surface area contributed by atoms with E-state index in [-0.39, 0.29) is 19.6 Å². The third-order valence-electron chi connectivity index (χ3n) is 2.68. The Hall–Kier alpha value is -1.31. The SMILES string of the molecule is CC(C(=O)N[C@@]1(C(=O)O)CCOC1)C(F)(F)F. The zero-order chi connectivity index (χ0) is 13.3. The minimum Gasteiger partial charge on any atom is -0.479 e. The van der Waals surface area contributed by atoms with Crippen LogP contribution in [0.4, 0.5) is 13.2 Å². The smallest absolute Gasteiger partial charge is 0.400 e. The van der Waals surface area contributed by atoms with Gasteiger partial charge in [0.1, 0.15) is 5.92 Å². The number of carboxylic acids is 1. The Morgan fingerprint density at radius 1 is 1.47 bits per heavy atom. The molecule has 1 saturated heterocycles. The van der Waals surface area contributed by atoms with E-state index >= 15 is 0 Å². The third-order valence-corrected chi connectivity index (χ3v) is 2.68. The predicted molar refractivity (Wildman–Crippen MR) is 49.2 cm³/mol. The zero-order valence-electron chi connectivity index (χ0n) is 9.00. The summed E-state index contributed by atoms with van der Waals surface area (Å²) >= 11 is 0. The van der Waals surface area contributed by atoms with Gasteiger partial charge in [0.2, 0.25) is 5.91 Å². The lowest BCUT2D eigenvalue weighted by atomic mass is 9.97. The normalized spacial score (nSPS) is 26.6. The van der Waals surface area contributed by atoms with Gasteiger partial charge in [0.25, 0.3) is 0 Å². The molecule has 0 aromatic heterocycles. The summed E-state index contributed by atoms with van der Waals surface area (Å²) in [6, 6.07) is 0. The summed E-state index contributed by atoms with van der Waals surface area (Å²) in [4.78, 5) is 22.3. The molecule has 1 amide bonds. The Balaban J connectivity index is 2.76. The molecule has 2 N–H and O–H groups in total. The van der Waals surface area contributed by atoms with Crippen molar-refractivity contribution in [3.63, 3.8) is 0 Å². The lowest BCUT2D eigenvalue weighted by molar-refractivity contribution is -0.181. The van der Waals surface area contributed by atoms with E-state index in [1.165, 1.54) is 0 Å². The van der Waals surface area contributed by atoms with Gasteiger partial charge < -0.3 is 15.2 Å². The van der Waals surface area contributed by atoms with Crippen LogP contribution in [0.1, 0.15) is 13.3 Å². The van der Waals surface area contributed by atoms with Gasteiger partial charge in [-0.1, -0.05) is 0 Å². The van der Waals surface area contributed by atoms with Crippen LogP contribution >= 0.6 is 0 Å². The Kier molecular flexibility index (Phi) is 3.65. The molecule has 1 heterocycles. The molecule has 0 spiro atoms. The van der Waals surface area contributed by atoms with Crippen molar-refractivity contribution in [3.8, 4) is 0 Å². The van der Waals surface area contributed by atoms with Gasteiger partial charge in [-0.25, -0.2) is 4.79 Å². The Labute approximate surface area is 94.9 Å². The van der Waals surface area contributed by atoms with E-state index in [0.29, 0.717) is 6.92 Å². The lowest BCUT2D eigenvalue weighted by Gasteiger charge is -2.26. The molecule has 2 atom stereocenters. The van der Waals surface area contributed by atoms with Crippen molar-refractivity contribution >= 4 is 11.9 Å². The second-order valence-electron chi connectivity index (χ2n) is 3.94. The maximum atomic E-state index is 12.3. The van der Waals surface area contributed by atoms with Crippen molar-refractivity contribution in [1.29, 1.82) is 0 Å². The highest BCUT2D eigenvalue weighted by atomic mass is 19.4. The van der Waals surface area contributed by atoms with Gasteiger partial charge in [0, 0.05) is 13.0 Å². The lowest BCUT2D eigenvalue weighted by Crippen LogP contribution is -2.57. The summed E-state index contributed by atoms with van der Waals surface area (Å²) in [5, 5.41) is 10.8. The van der Waals surface area contributed by atoms with Crippen molar-refractivity contribution in [3.05, 3.63) is 0 Å². The molecule has 8 heteroatoms. The molecule has 1 fully saturated rings. The number of carboxylic acid groups (broad SMARTS) is 1. The Bertz CT molecular complexity index is 323. The number of hydrogen-bond acceptors (Lipinski definition) is 3. The van der Waals surface area contributed by atoms with E-state index in [1.54, 1.807) is 0 Å². The van der Waals surface area contributed by atoms with Gasteiger partial charge in [-0.05, 0) is 6.92 Å². The second kappa shape index (κ2) is 4.52. The highest BCUT2D eigenvalue weighted by Crippen LogP contribution is 2.27. The highest BCUT2D eigenvalue weighted by molar-refractivity contribution is 5.88. The molecule has 0 saturated carbocycles. The molecule has 0 radical (unpaired) electrons. The maximum Gasteiger partial charge on any atom is 0.400 e. The van der Waals surface area contributed by atoms with Gasteiger partial charge in [-0.15, -0.1) is 0 Å². The third kappa shape index (κ3) is 2.87. The van der Waals surface area contributed by atoms with Crippen LogP contribution in [-0.2, 0) is 14.3 Å². The quantitative estimate of drug-likeness (QED) is 0.772. The minimum absolute atomic E-state index is 0.0430. The number of aliphatic carboxylic acids is 1. The molecule has 17 heavy (non-hydrogen) atoms. The summed E-state index contributed by atoms with van der Waals surface area (Å²) in [5.41, 5.74) is -1.74. The van der Waals surface area contributed by atoms with Crippen molar-refractivity contribution in [2.45, 2.75) is 25.1 Å². The summed E-state index contributed by atoms with van der Waals surface area (Å²) in [6.07, 6.45) is -4.73. The van der Waals surface area contributed by atoms with Gasteiger partial charge in [0.15, 0.2) is 5.54 Å². The number of ether oxygens (including phenoxy) is 1. The molecular weight excluding hydrogens is 243 g/mol. The molecule has 5 nitrogen and oxygen atoms in total. The standard InChI is InChI=1S/C9H12F3NO4/c1-5(9(10,11)12)6(14)13-8(7(15)16)2-3-17-4-8/h5H,2-4H2,1H3,(H,13,14)(H,15,16)/t5?,8-/m0/s1. The maximum absolute atomic E-state index is 12.3. The van der Waals surface area contributed by atoms with Crippen molar-refractivity contribution in [2.24, 2.45) is 5.92 Å². The number of alkyl halides is 3. The van der Waals surface area contributed by atoms with Crippen LogP contribution in [0, 0.1) is 5.92 Å². The van der Waals surface area contributed by atoms with Crippen LogP contribution < -0.4 is 5.32 Å². The Morgan fingerprint density at radius 3 is 2.41 bits per heavy atom. The molecule has 1 aliphatic rings. The monoisotopic (exact) mass is 255 g/mol. The fraction of sp³-hybridized carbons (Fsp3) is 0.778. The molecular formula is C9H12F3NO4. The number of carbonyl (C=O) groups excluding carboxylic acids is 1. The topological polar surface area (TPSA) is 75.6 Å². The molecule has 1 unspecified atom stereocenters. The van der Waals surface area contributed by atoms with Crippen molar-refractivity contribution in [1.82, 2.24) is 5.32 Å². The van der Waals surface area contributed by atoms with E-state index < -0.39 is 29.5 Å². The number of carbonyl (C=O) groups is 2. The van der Waals surface area contributed by atoms with E-state index in [4.69, 9.17) is 9.84 Å². The predicted octanol–water partition coefficient (Wildman–Crippen LogP) is 0.545. The molecule has 0 aromatic carbocycles. The number of halogens is 3. The minimum atomic E-state index is -4.69. The van der Waals surface area contributed by atoms with Gasteiger partial charge in [-0.3, -0.25) is 4.79 Å². The average Bonchev–Trinajstić information content (AvgIpc) is 2.64. The van der Waals surface area contributed by atoms with Gasteiger partial charge >= 0.3 is 12.1 Å². The summed E-state index contributed by atoms with van der Waals surface area (Å²) in [6.45, 7) is 0.451. The molecule has 1 rings (SSSR count). The number of amides is 1. The van der Waals surface area contributed by atoms with Crippen LogP contribution in [-0.4, -0.2) is 41.9 Å². The van der Waals surface area contributed by atoms with E-state index in [2.05, 4.69) is 0 Å². The molecule has 0 aliphatic carbocycles. The number of nitrogens with one attached hydrogen (secondary N) is 1. The van der Waals surface area contributed by atoms with Crippen LogP contribution in [0.15, 0.2) is 0 Å². The fourth-order valence-corrected chi connectivity index (χ4v) is 1.38. The first-order valence-electron chi connectivity index (χ1n) is 4.89. The molecule has 0 aromatic rings. The number of rotatable bonds is 3. The van der Waals surface area contributed by atoms with Crippen molar-refractivity contribution in [2.75, 3.05) is 13.2 Å². The first kappa shape index (κ1) is 13.8. The molecule has 0 bridgehead atoms. The molecule has 98 valence electrons. The van der Waals surface area contributed by atoms with E-state index in [1.807, 2.05) is 5.32 Å². The summed E-state index contributed by atoms with van der Waals surface area (Å²) in [7, 11) is 0. The summed E-state index contributed by atoms with van der Waals surface area (Å²) in [5.74, 6) is -5.00. The van der Waals surface area contributed by atoms with E-state index in [0.717, 1.165) is 0 Å². The molecule has 1 aliphatic heterocycles. The van der Waals surface area contributed by atoms with Crippen LogP contribution in [0.25, 0.3) is 0 Å². The van der Waals surface area contributed by atoms with E-state index in [9.17, 15) is 22.8 Å². The van der Waals surface area contributed by atoms with Crippen LogP contribution in [0.3, 0.4) is 0 Å².